The Kier molecular flexibility index (Phi) is 7.27. The molecule has 0 spiro atoms. The van der Waals surface area contributed by atoms with Crippen molar-refractivity contribution in [1.82, 2.24) is 5.32 Å². The minimum atomic E-state index is -0.633. The molecule has 8 atom stereocenters. The van der Waals surface area contributed by atoms with Crippen LogP contribution in [0.4, 0.5) is 0 Å². The fraction of sp³-hybridized carbons (Fsp3) is 0.735. The van der Waals surface area contributed by atoms with Gasteiger partial charge in [-0.25, -0.2) is 0 Å². The molecule has 0 saturated heterocycles. The molecule has 5 aliphatic rings. The van der Waals surface area contributed by atoms with E-state index in [9.17, 15) is 9.90 Å². The highest BCUT2D eigenvalue weighted by molar-refractivity contribution is 5.91. The molecule has 38 heavy (non-hydrogen) atoms. The topological polar surface area (TPSA) is 58.6 Å². The van der Waals surface area contributed by atoms with Crippen molar-refractivity contribution in [2.45, 2.75) is 116 Å². The van der Waals surface area contributed by atoms with Gasteiger partial charge in [0.05, 0.1) is 12.2 Å². The van der Waals surface area contributed by atoms with Gasteiger partial charge in [-0.2, -0.15) is 0 Å². The van der Waals surface area contributed by atoms with E-state index in [2.05, 4.69) is 50.4 Å². The SMILES string of the molecule is CC(NC1CCCC1)c1cccc(OCC[C@]23CCC4C5CCC(=O)C=C5C[C@@H](C)C4C2CC[C@]3(C)O)c1. The Morgan fingerprint density at radius 1 is 1.13 bits per heavy atom. The largest absolute Gasteiger partial charge is 0.494 e. The molecule has 0 radical (unpaired) electrons. The molecule has 6 rings (SSSR count). The van der Waals surface area contributed by atoms with Crippen LogP contribution < -0.4 is 10.1 Å². The number of benzene rings is 1. The Morgan fingerprint density at radius 3 is 2.76 bits per heavy atom. The van der Waals surface area contributed by atoms with Crippen molar-refractivity contribution in [1.29, 1.82) is 0 Å². The van der Waals surface area contributed by atoms with Gasteiger partial charge < -0.3 is 15.2 Å². The molecule has 0 amide bonds. The van der Waals surface area contributed by atoms with Crippen molar-refractivity contribution in [3.63, 3.8) is 0 Å². The summed E-state index contributed by atoms with van der Waals surface area (Å²) < 4.78 is 6.44. The van der Waals surface area contributed by atoms with Crippen LogP contribution in [0.5, 0.6) is 5.75 Å². The van der Waals surface area contributed by atoms with Crippen LogP contribution in [0.25, 0.3) is 0 Å². The lowest BCUT2D eigenvalue weighted by Crippen LogP contribution is -2.55. The standard InChI is InChI=1S/C34H49NO3/c1-22-19-25-20-27(36)11-12-29(25)30-13-16-34(31(32(22)30)14-15-33(34,3)37)17-18-38-28-10-6-7-24(21-28)23(2)35-26-8-4-5-9-26/h6-7,10,20-23,26,29-32,35,37H,4-5,8-9,11-19H2,1-3H3/t22-,23?,29?,30?,31?,32?,33+,34-/m1/s1. The molecule has 2 N–H and O–H groups in total. The first-order chi connectivity index (χ1) is 18.3. The average Bonchev–Trinajstić information content (AvgIpc) is 3.49. The predicted octanol–water partition coefficient (Wildman–Crippen LogP) is 7.17. The molecule has 4 fully saturated rings. The van der Waals surface area contributed by atoms with Crippen LogP contribution in [0.1, 0.15) is 109 Å². The molecule has 0 heterocycles. The molecule has 0 aromatic heterocycles. The molecule has 208 valence electrons. The summed E-state index contributed by atoms with van der Waals surface area (Å²) in [6, 6.07) is 9.62. The van der Waals surface area contributed by atoms with Crippen molar-refractivity contribution in [2.75, 3.05) is 6.61 Å². The first-order valence-electron chi connectivity index (χ1n) is 15.7. The van der Waals surface area contributed by atoms with E-state index in [1.807, 2.05) is 6.08 Å². The smallest absolute Gasteiger partial charge is 0.155 e. The molecule has 5 aliphatic carbocycles. The van der Waals surface area contributed by atoms with Crippen molar-refractivity contribution in [2.24, 2.45) is 35.0 Å². The Balaban J connectivity index is 1.15. The number of carbonyl (C=O) groups is 1. The summed E-state index contributed by atoms with van der Waals surface area (Å²) in [6.45, 7) is 7.46. The van der Waals surface area contributed by atoms with Crippen molar-refractivity contribution in [3.8, 4) is 5.75 Å². The van der Waals surface area contributed by atoms with Gasteiger partial charge >= 0.3 is 0 Å². The highest BCUT2D eigenvalue weighted by Crippen LogP contribution is 2.67. The number of hydrogen-bond acceptors (Lipinski definition) is 4. The number of nitrogens with one attached hydrogen (secondary N) is 1. The van der Waals surface area contributed by atoms with Crippen molar-refractivity contribution in [3.05, 3.63) is 41.5 Å². The van der Waals surface area contributed by atoms with Crippen LogP contribution in [-0.2, 0) is 4.79 Å². The molecule has 4 heteroatoms. The van der Waals surface area contributed by atoms with Crippen molar-refractivity contribution >= 4 is 5.78 Å². The average molecular weight is 520 g/mol. The van der Waals surface area contributed by atoms with Crippen LogP contribution in [0.2, 0.25) is 0 Å². The lowest BCUT2D eigenvalue weighted by Gasteiger charge is -2.58. The number of ketones is 1. The lowest BCUT2D eigenvalue weighted by atomic mass is 9.47. The summed E-state index contributed by atoms with van der Waals surface area (Å²) >= 11 is 0. The number of hydrogen-bond donors (Lipinski definition) is 2. The van der Waals surface area contributed by atoms with Gasteiger partial charge in [0.15, 0.2) is 5.78 Å². The molecule has 4 nitrogen and oxygen atoms in total. The number of aliphatic hydroxyl groups is 1. The van der Waals surface area contributed by atoms with Gasteiger partial charge in [-0.1, -0.05) is 37.5 Å². The lowest BCUT2D eigenvalue weighted by molar-refractivity contribution is -0.136. The van der Waals surface area contributed by atoms with E-state index in [-0.39, 0.29) is 5.41 Å². The second-order valence-corrected chi connectivity index (χ2v) is 13.9. The van der Waals surface area contributed by atoms with Gasteiger partial charge in [0.1, 0.15) is 5.75 Å². The molecule has 4 saturated carbocycles. The van der Waals surface area contributed by atoms with E-state index in [1.165, 1.54) is 43.2 Å². The fourth-order valence-electron chi connectivity index (χ4n) is 10.0. The van der Waals surface area contributed by atoms with E-state index in [1.54, 1.807) is 0 Å². The summed E-state index contributed by atoms with van der Waals surface area (Å²) in [7, 11) is 0. The third-order valence-corrected chi connectivity index (χ3v) is 11.9. The van der Waals surface area contributed by atoms with Crippen LogP contribution in [0.3, 0.4) is 0 Å². The van der Waals surface area contributed by atoms with Gasteiger partial charge in [0.25, 0.3) is 0 Å². The van der Waals surface area contributed by atoms with E-state index >= 15 is 0 Å². The van der Waals surface area contributed by atoms with E-state index in [0.29, 0.717) is 54.1 Å². The summed E-state index contributed by atoms with van der Waals surface area (Å²) in [6.07, 6.45) is 15.3. The zero-order valence-electron chi connectivity index (χ0n) is 23.9. The molecular formula is C34H49NO3. The number of carbonyl (C=O) groups excluding carboxylic acids is 1. The maximum atomic E-state index is 12.1. The van der Waals surface area contributed by atoms with Gasteiger partial charge in [-0.15, -0.1) is 0 Å². The van der Waals surface area contributed by atoms with E-state index in [0.717, 1.165) is 50.7 Å². The third-order valence-electron chi connectivity index (χ3n) is 11.9. The first kappa shape index (κ1) is 26.6. The Hall–Kier alpha value is -1.65. The summed E-state index contributed by atoms with van der Waals surface area (Å²) in [5.74, 6) is 4.34. The zero-order chi connectivity index (χ0) is 26.5. The second-order valence-electron chi connectivity index (χ2n) is 13.9. The van der Waals surface area contributed by atoms with Gasteiger partial charge in [-0.05, 0) is 125 Å². The van der Waals surface area contributed by atoms with Crippen LogP contribution >= 0.6 is 0 Å². The zero-order valence-corrected chi connectivity index (χ0v) is 23.9. The van der Waals surface area contributed by atoms with E-state index < -0.39 is 5.60 Å². The summed E-state index contributed by atoms with van der Waals surface area (Å²) in [4.78, 5) is 12.1. The maximum Gasteiger partial charge on any atom is 0.155 e. The van der Waals surface area contributed by atoms with Crippen molar-refractivity contribution < 1.29 is 14.6 Å². The molecule has 5 unspecified atom stereocenters. The number of fused-ring (bicyclic) bond motifs is 5. The highest BCUT2D eigenvalue weighted by Gasteiger charge is 2.63. The summed E-state index contributed by atoms with van der Waals surface area (Å²) in [5.41, 5.74) is 2.03. The second kappa shape index (κ2) is 10.4. The Labute approximate surface area is 230 Å². The van der Waals surface area contributed by atoms with Crippen LogP contribution in [0.15, 0.2) is 35.9 Å². The first-order valence-corrected chi connectivity index (χ1v) is 15.7. The minimum Gasteiger partial charge on any atom is -0.494 e. The van der Waals surface area contributed by atoms with Gasteiger partial charge in [0, 0.05) is 23.9 Å². The summed E-state index contributed by atoms with van der Waals surface area (Å²) in [5, 5.41) is 15.6. The fourth-order valence-corrected chi connectivity index (χ4v) is 10.0. The maximum absolute atomic E-state index is 12.1. The quantitative estimate of drug-likeness (QED) is 0.401. The normalized spacial score (nSPS) is 39.7. The van der Waals surface area contributed by atoms with Gasteiger partial charge in [0.2, 0.25) is 0 Å². The Bertz CT molecular complexity index is 1060. The van der Waals surface area contributed by atoms with Gasteiger partial charge in [-0.3, -0.25) is 4.79 Å². The predicted molar refractivity (Wildman–Crippen MR) is 152 cm³/mol. The monoisotopic (exact) mass is 519 g/mol. The van der Waals surface area contributed by atoms with Crippen LogP contribution in [-0.4, -0.2) is 29.1 Å². The number of allylic oxidation sites excluding steroid dienone is 1. The number of rotatable bonds is 7. The Morgan fingerprint density at radius 2 is 1.95 bits per heavy atom. The molecule has 1 aromatic carbocycles. The highest BCUT2D eigenvalue weighted by atomic mass is 16.5. The molecule has 0 bridgehead atoms. The third kappa shape index (κ3) is 4.68. The molecular weight excluding hydrogens is 470 g/mol. The minimum absolute atomic E-state index is 0.0664. The van der Waals surface area contributed by atoms with E-state index in [4.69, 9.17) is 4.74 Å². The molecule has 1 aromatic rings. The van der Waals surface area contributed by atoms with Crippen LogP contribution in [0, 0.1) is 35.0 Å². The molecule has 0 aliphatic heterocycles. The number of ether oxygens (including phenoxy) is 1.